The Labute approximate surface area is 233 Å². The predicted molar refractivity (Wildman–Crippen MR) is 151 cm³/mol. The lowest BCUT2D eigenvalue weighted by Crippen LogP contribution is -2.46. The number of benzene rings is 1. The van der Waals surface area contributed by atoms with E-state index in [2.05, 4.69) is 27.6 Å². The standard InChI is InChI=1S/C24H26Cl2N10OS/c1-34-6-8-35(9-7-34)23(37)17-11-19-22(29-4-5-30-24-32-21(28)20(12-27)38-24)31-18(13-36(19)33-17)15-3-2-14(25)10-16(15)26/h2-3,10-11,13,23,37H,4-9,28H2,1H3,(H,29,31)(H,30,32). The van der Waals surface area contributed by atoms with Gasteiger partial charge in [0.2, 0.25) is 0 Å². The Morgan fingerprint density at radius 3 is 2.63 bits per heavy atom. The SMILES string of the molecule is CN1CCN(C(O)c2cc3c(NCCNc4nc(N)c(C#N)s4)nc(-c4ccc(Cl)cc4Cl)cn3n2)CC1. The zero-order valence-electron chi connectivity index (χ0n) is 20.5. The summed E-state index contributed by atoms with van der Waals surface area (Å²) in [4.78, 5) is 13.6. The molecule has 0 amide bonds. The number of nitrogen functional groups attached to an aromatic ring is 1. The van der Waals surface area contributed by atoms with E-state index < -0.39 is 6.23 Å². The van der Waals surface area contributed by atoms with E-state index in [0.29, 0.717) is 61.4 Å². The Bertz CT molecular complexity index is 1490. The quantitative estimate of drug-likeness (QED) is 0.232. The number of likely N-dealkylation sites (N-methyl/N-ethyl adjacent to an activating group) is 1. The number of nitrogens with one attached hydrogen (secondary N) is 2. The number of aliphatic hydroxyl groups is 1. The van der Waals surface area contributed by atoms with Gasteiger partial charge >= 0.3 is 0 Å². The molecule has 1 saturated heterocycles. The number of nitriles is 1. The number of halogens is 2. The summed E-state index contributed by atoms with van der Waals surface area (Å²) in [6.07, 6.45) is 0.959. The maximum absolute atomic E-state index is 11.1. The van der Waals surface area contributed by atoms with Gasteiger partial charge in [0.15, 0.2) is 23.0 Å². The molecule has 1 unspecified atom stereocenters. The molecular weight excluding hydrogens is 547 g/mol. The molecule has 0 radical (unpaired) electrons. The van der Waals surface area contributed by atoms with Crippen LogP contribution in [0.4, 0.5) is 16.8 Å². The van der Waals surface area contributed by atoms with E-state index in [4.69, 9.17) is 44.3 Å². The van der Waals surface area contributed by atoms with E-state index in [1.54, 1.807) is 22.8 Å². The first-order valence-electron chi connectivity index (χ1n) is 11.9. The van der Waals surface area contributed by atoms with Crippen LogP contribution in [0.1, 0.15) is 16.8 Å². The predicted octanol–water partition coefficient (Wildman–Crippen LogP) is 3.38. The van der Waals surface area contributed by atoms with Crippen LogP contribution in [0.25, 0.3) is 16.8 Å². The second-order valence-electron chi connectivity index (χ2n) is 8.91. The summed E-state index contributed by atoms with van der Waals surface area (Å²) in [6.45, 7) is 4.26. The average Bonchev–Trinajstić information content (AvgIpc) is 3.49. The first-order chi connectivity index (χ1) is 18.3. The van der Waals surface area contributed by atoms with Gasteiger partial charge in [-0.1, -0.05) is 34.5 Å². The monoisotopic (exact) mass is 572 g/mol. The molecule has 1 aliphatic rings. The van der Waals surface area contributed by atoms with Crippen LogP contribution in [-0.4, -0.2) is 80.8 Å². The van der Waals surface area contributed by atoms with Crippen molar-refractivity contribution in [1.82, 2.24) is 29.4 Å². The number of nitrogens with two attached hydrogens (primary N) is 1. The largest absolute Gasteiger partial charge is 0.382 e. The molecule has 0 aliphatic carbocycles. The second-order valence-corrected chi connectivity index (χ2v) is 10.8. The van der Waals surface area contributed by atoms with Gasteiger partial charge in [-0.15, -0.1) is 0 Å². The maximum atomic E-state index is 11.1. The fourth-order valence-electron chi connectivity index (χ4n) is 4.19. The third-order valence-electron chi connectivity index (χ3n) is 6.28. The number of aliphatic hydroxyl groups excluding tert-OH is 1. The summed E-state index contributed by atoms with van der Waals surface area (Å²) >= 11 is 13.8. The number of aromatic nitrogens is 4. The zero-order valence-corrected chi connectivity index (χ0v) is 22.9. The summed E-state index contributed by atoms with van der Waals surface area (Å²) in [5.41, 5.74) is 8.31. The minimum atomic E-state index is -0.828. The van der Waals surface area contributed by atoms with Gasteiger partial charge in [0.05, 0.1) is 16.9 Å². The molecule has 38 heavy (non-hydrogen) atoms. The van der Waals surface area contributed by atoms with Crippen LogP contribution in [0, 0.1) is 11.3 Å². The number of piperazine rings is 1. The lowest BCUT2D eigenvalue weighted by molar-refractivity contribution is -0.0260. The highest BCUT2D eigenvalue weighted by Crippen LogP contribution is 2.32. The number of nitrogens with zero attached hydrogens (tertiary/aromatic N) is 7. The molecule has 1 atom stereocenters. The zero-order chi connectivity index (χ0) is 26.8. The van der Waals surface area contributed by atoms with Gasteiger partial charge in [-0.2, -0.15) is 10.4 Å². The van der Waals surface area contributed by atoms with Crippen molar-refractivity contribution in [1.29, 1.82) is 5.26 Å². The summed E-state index contributed by atoms with van der Waals surface area (Å²) in [5, 5.41) is 32.9. The summed E-state index contributed by atoms with van der Waals surface area (Å²) in [7, 11) is 2.07. The van der Waals surface area contributed by atoms with Crippen LogP contribution in [-0.2, 0) is 0 Å². The van der Waals surface area contributed by atoms with Gasteiger partial charge in [-0.3, -0.25) is 4.90 Å². The molecule has 1 aliphatic heterocycles. The van der Waals surface area contributed by atoms with E-state index in [1.165, 1.54) is 11.3 Å². The highest BCUT2D eigenvalue weighted by Gasteiger charge is 2.25. The topological polar surface area (TPSA) is 144 Å². The molecule has 0 bridgehead atoms. The second kappa shape index (κ2) is 11.3. The molecule has 5 rings (SSSR count). The van der Waals surface area contributed by atoms with Gasteiger partial charge in [0, 0.05) is 49.9 Å². The van der Waals surface area contributed by atoms with Crippen LogP contribution in [0.3, 0.4) is 0 Å². The maximum Gasteiger partial charge on any atom is 0.186 e. The van der Waals surface area contributed by atoms with Crippen molar-refractivity contribution in [3.63, 3.8) is 0 Å². The number of hydrogen-bond acceptors (Lipinski definition) is 11. The van der Waals surface area contributed by atoms with Gasteiger partial charge in [-0.25, -0.2) is 14.5 Å². The number of thiazole rings is 1. The van der Waals surface area contributed by atoms with E-state index in [-0.39, 0.29) is 5.82 Å². The molecule has 4 aromatic rings. The van der Waals surface area contributed by atoms with E-state index in [9.17, 15) is 5.11 Å². The van der Waals surface area contributed by atoms with Crippen molar-refractivity contribution in [2.24, 2.45) is 0 Å². The van der Waals surface area contributed by atoms with Gasteiger partial charge < -0.3 is 26.4 Å². The molecule has 11 nitrogen and oxygen atoms in total. The van der Waals surface area contributed by atoms with Crippen LogP contribution < -0.4 is 16.4 Å². The Morgan fingerprint density at radius 2 is 1.92 bits per heavy atom. The number of anilines is 3. The molecule has 0 spiro atoms. The minimum Gasteiger partial charge on any atom is -0.382 e. The van der Waals surface area contributed by atoms with Gasteiger partial charge in [0.25, 0.3) is 0 Å². The van der Waals surface area contributed by atoms with Crippen molar-refractivity contribution in [2.45, 2.75) is 6.23 Å². The van der Waals surface area contributed by atoms with Crippen LogP contribution >= 0.6 is 34.5 Å². The smallest absolute Gasteiger partial charge is 0.186 e. The number of rotatable bonds is 8. The molecule has 4 heterocycles. The van der Waals surface area contributed by atoms with Crippen molar-refractivity contribution in [2.75, 3.05) is 62.7 Å². The van der Waals surface area contributed by atoms with Crippen molar-refractivity contribution < 1.29 is 5.11 Å². The van der Waals surface area contributed by atoms with Crippen molar-refractivity contribution in [3.05, 3.63) is 51.1 Å². The van der Waals surface area contributed by atoms with Crippen LogP contribution in [0.15, 0.2) is 30.5 Å². The lowest BCUT2D eigenvalue weighted by atomic mass is 10.1. The Hall–Kier alpha value is -3.18. The van der Waals surface area contributed by atoms with Crippen molar-refractivity contribution >= 4 is 56.8 Å². The minimum absolute atomic E-state index is 0.217. The van der Waals surface area contributed by atoms with E-state index in [0.717, 1.165) is 26.2 Å². The van der Waals surface area contributed by atoms with Crippen molar-refractivity contribution in [3.8, 4) is 17.3 Å². The molecule has 198 valence electrons. The number of hydrogen-bond donors (Lipinski definition) is 4. The molecule has 14 heteroatoms. The summed E-state index contributed by atoms with van der Waals surface area (Å²) in [6, 6.07) is 9.11. The van der Waals surface area contributed by atoms with Gasteiger partial charge in [-0.05, 0) is 31.3 Å². The molecular formula is C24H26Cl2N10OS. The Kier molecular flexibility index (Phi) is 7.85. The van der Waals surface area contributed by atoms with E-state index in [1.807, 2.05) is 23.1 Å². The fraction of sp³-hybridized carbons (Fsp3) is 0.333. The Morgan fingerprint density at radius 1 is 1.16 bits per heavy atom. The number of fused-ring (bicyclic) bond motifs is 1. The molecule has 1 fully saturated rings. The van der Waals surface area contributed by atoms with Crippen LogP contribution in [0.2, 0.25) is 10.0 Å². The van der Waals surface area contributed by atoms with Crippen LogP contribution in [0.5, 0.6) is 0 Å². The highest BCUT2D eigenvalue weighted by atomic mass is 35.5. The molecule has 3 aromatic heterocycles. The normalized spacial score (nSPS) is 15.4. The highest BCUT2D eigenvalue weighted by molar-refractivity contribution is 7.16. The summed E-state index contributed by atoms with van der Waals surface area (Å²) < 4.78 is 1.71. The van der Waals surface area contributed by atoms with Gasteiger partial charge in [0.1, 0.15) is 22.2 Å². The molecule has 1 aromatic carbocycles. The third kappa shape index (κ3) is 5.63. The average molecular weight is 574 g/mol. The first-order valence-corrected chi connectivity index (χ1v) is 13.5. The lowest BCUT2D eigenvalue weighted by Gasteiger charge is -2.34. The third-order valence-corrected chi connectivity index (χ3v) is 7.76. The first kappa shape index (κ1) is 26.4. The fourth-order valence-corrected chi connectivity index (χ4v) is 5.40. The molecule has 0 saturated carbocycles. The molecule has 5 N–H and O–H groups in total. The summed E-state index contributed by atoms with van der Waals surface area (Å²) in [5.74, 6) is 0.797. The Balaban J connectivity index is 1.41. The van der Waals surface area contributed by atoms with E-state index >= 15 is 0 Å².